The molecule has 1 aromatic carbocycles. The van der Waals surface area contributed by atoms with Crippen molar-refractivity contribution in [3.63, 3.8) is 0 Å². The third kappa shape index (κ3) is 3.56. The number of anilines is 2. The van der Waals surface area contributed by atoms with Crippen LogP contribution in [0.1, 0.15) is 11.3 Å². The molecule has 0 unspecified atom stereocenters. The van der Waals surface area contributed by atoms with Crippen molar-refractivity contribution in [1.82, 2.24) is 19.9 Å². The summed E-state index contributed by atoms with van der Waals surface area (Å²) in [5.74, 6) is 2.45. The lowest BCUT2D eigenvalue weighted by molar-refractivity contribution is -0.117. The molecule has 0 saturated heterocycles. The van der Waals surface area contributed by atoms with E-state index in [0.717, 1.165) is 11.3 Å². The highest BCUT2D eigenvalue weighted by Crippen LogP contribution is 2.18. The fourth-order valence-corrected chi connectivity index (χ4v) is 2.08. The van der Waals surface area contributed by atoms with E-state index in [2.05, 4.69) is 31.2 Å². The van der Waals surface area contributed by atoms with E-state index in [1.807, 2.05) is 18.2 Å². The van der Waals surface area contributed by atoms with Gasteiger partial charge in [-0.2, -0.15) is 4.98 Å². The maximum atomic E-state index is 11.0. The Hall–Kier alpha value is -3.11. The molecule has 2 aromatic heterocycles. The van der Waals surface area contributed by atoms with Crippen LogP contribution in [-0.4, -0.2) is 25.8 Å². The second kappa shape index (κ2) is 6.77. The van der Waals surface area contributed by atoms with Crippen LogP contribution in [0.5, 0.6) is 0 Å². The number of hydrogen-bond donors (Lipinski definition) is 3. The number of terminal acetylenes is 1. The standard InChI is InChI=1S/C15H12N6O.ClH/c1-2-11-13-14(18-8-17-13)21-15(20-11)19-10-5-3-4-9(6-10)7-12(16)22;/h1,3-6,8H,7H2,(H2,16,22)(H2,17,18,19,20,21);1H. The summed E-state index contributed by atoms with van der Waals surface area (Å²) >= 11 is 0. The number of H-pyrrole nitrogens is 1. The predicted octanol–water partition coefficient (Wildman–Crippen LogP) is 1.53. The Bertz CT molecular complexity index is 898. The van der Waals surface area contributed by atoms with Crippen LogP contribution in [0, 0.1) is 12.3 Å². The molecule has 4 N–H and O–H groups in total. The first kappa shape index (κ1) is 16.3. The van der Waals surface area contributed by atoms with Crippen molar-refractivity contribution in [2.24, 2.45) is 5.73 Å². The minimum absolute atomic E-state index is 0. The number of benzene rings is 1. The van der Waals surface area contributed by atoms with Gasteiger partial charge in [-0.25, -0.2) is 9.97 Å². The molecule has 3 aromatic rings. The second-order valence-electron chi connectivity index (χ2n) is 4.61. The van der Waals surface area contributed by atoms with Gasteiger partial charge in [0, 0.05) is 5.69 Å². The normalized spacial score (nSPS) is 9.87. The summed E-state index contributed by atoms with van der Waals surface area (Å²) in [5, 5.41) is 3.05. The van der Waals surface area contributed by atoms with Crippen LogP contribution in [0.2, 0.25) is 0 Å². The van der Waals surface area contributed by atoms with Crippen molar-refractivity contribution in [3.05, 3.63) is 41.9 Å². The van der Waals surface area contributed by atoms with Gasteiger partial charge in [0.05, 0.1) is 12.7 Å². The van der Waals surface area contributed by atoms with E-state index in [9.17, 15) is 4.79 Å². The van der Waals surface area contributed by atoms with Gasteiger partial charge in [-0.05, 0) is 23.6 Å². The summed E-state index contributed by atoms with van der Waals surface area (Å²) in [7, 11) is 0. The van der Waals surface area contributed by atoms with Crippen molar-refractivity contribution >= 4 is 41.1 Å². The second-order valence-corrected chi connectivity index (χ2v) is 4.61. The monoisotopic (exact) mass is 328 g/mol. The van der Waals surface area contributed by atoms with Crippen LogP contribution in [0.4, 0.5) is 11.6 Å². The first-order chi connectivity index (χ1) is 10.7. The highest BCUT2D eigenvalue weighted by atomic mass is 35.5. The summed E-state index contributed by atoms with van der Waals surface area (Å²) in [6.45, 7) is 0. The van der Waals surface area contributed by atoms with E-state index in [-0.39, 0.29) is 24.7 Å². The Labute approximate surface area is 138 Å². The number of rotatable bonds is 4. The quantitative estimate of drug-likeness (QED) is 0.629. The third-order valence-corrected chi connectivity index (χ3v) is 2.98. The number of amides is 1. The summed E-state index contributed by atoms with van der Waals surface area (Å²) < 4.78 is 0. The van der Waals surface area contributed by atoms with Gasteiger partial charge in [0.2, 0.25) is 11.9 Å². The highest BCUT2D eigenvalue weighted by molar-refractivity contribution is 5.85. The number of nitrogens with zero attached hydrogens (tertiary/aromatic N) is 3. The smallest absolute Gasteiger partial charge is 0.230 e. The molecule has 116 valence electrons. The molecule has 0 fully saturated rings. The molecule has 0 spiro atoms. The zero-order valence-electron chi connectivity index (χ0n) is 11.9. The molecule has 0 aliphatic rings. The van der Waals surface area contributed by atoms with Crippen LogP contribution in [-0.2, 0) is 11.2 Å². The fraction of sp³-hybridized carbons (Fsp3) is 0.0667. The topological polar surface area (TPSA) is 110 Å². The van der Waals surface area contributed by atoms with Crippen molar-refractivity contribution in [2.75, 3.05) is 5.32 Å². The van der Waals surface area contributed by atoms with Crippen LogP contribution in [0.25, 0.3) is 11.2 Å². The molecule has 7 nitrogen and oxygen atoms in total. The molecule has 0 aliphatic heterocycles. The van der Waals surface area contributed by atoms with Gasteiger partial charge >= 0.3 is 0 Å². The van der Waals surface area contributed by atoms with Crippen LogP contribution in [0.15, 0.2) is 30.6 Å². The predicted molar refractivity (Wildman–Crippen MR) is 89.5 cm³/mol. The lowest BCUT2D eigenvalue weighted by Crippen LogP contribution is -2.13. The van der Waals surface area contributed by atoms with E-state index in [1.54, 1.807) is 6.07 Å². The lowest BCUT2D eigenvalue weighted by Gasteiger charge is -2.07. The van der Waals surface area contributed by atoms with Crippen molar-refractivity contribution in [2.45, 2.75) is 6.42 Å². The number of primary amides is 1. The maximum Gasteiger partial charge on any atom is 0.230 e. The molecule has 0 bridgehead atoms. The Morgan fingerprint density at radius 3 is 2.96 bits per heavy atom. The SMILES string of the molecule is C#Cc1nc(Nc2cccc(CC(N)=O)c2)nc2nc[nH]c12.Cl. The number of aromatic nitrogens is 4. The highest BCUT2D eigenvalue weighted by Gasteiger charge is 2.08. The molecule has 3 rings (SSSR count). The molecule has 0 aliphatic carbocycles. The van der Waals surface area contributed by atoms with Crippen molar-refractivity contribution in [3.8, 4) is 12.3 Å². The van der Waals surface area contributed by atoms with Gasteiger partial charge in [-0.15, -0.1) is 18.8 Å². The molecule has 1 amide bonds. The average molecular weight is 329 g/mol. The van der Waals surface area contributed by atoms with E-state index >= 15 is 0 Å². The summed E-state index contributed by atoms with van der Waals surface area (Å²) in [4.78, 5) is 26.5. The number of imidazole rings is 1. The largest absolute Gasteiger partial charge is 0.369 e. The Morgan fingerprint density at radius 1 is 1.39 bits per heavy atom. The number of aromatic amines is 1. The number of hydrogen-bond acceptors (Lipinski definition) is 5. The van der Waals surface area contributed by atoms with Gasteiger partial charge in [0.15, 0.2) is 5.65 Å². The van der Waals surface area contributed by atoms with Gasteiger partial charge in [0.1, 0.15) is 11.2 Å². The first-order valence-electron chi connectivity index (χ1n) is 6.47. The minimum atomic E-state index is -0.388. The molecular weight excluding hydrogens is 316 g/mol. The average Bonchev–Trinajstić information content (AvgIpc) is 2.94. The first-order valence-corrected chi connectivity index (χ1v) is 6.47. The van der Waals surface area contributed by atoms with Crippen LogP contribution >= 0.6 is 12.4 Å². The minimum Gasteiger partial charge on any atom is -0.369 e. The summed E-state index contributed by atoms with van der Waals surface area (Å²) in [6.07, 6.45) is 7.13. The lowest BCUT2D eigenvalue weighted by atomic mass is 10.1. The fourth-order valence-electron chi connectivity index (χ4n) is 2.08. The number of nitrogens with two attached hydrogens (primary N) is 1. The van der Waals surface area contributed by atoms with Gasteiger partial charge in [-0.3, -0.25) is 4.79 Å². The maximum absolute atomic E-state index is 11.0. The zero-order chi connectivity index (χ0) is 15.5. The molecular formula is C15H13ClN6O. The molecule has 0 saturated carbocycles. The molecule has 0 radical (unpaired) electrons. The van der Waals surface area contributed by atoms with E-state index in [4.69, 9.17) is 12.2 Å². The van der Waals surface area contributed by atoms with Crippen molar-refractivity contribution in [1.29, 1.82) is 0 Å². The molecule has 23 heavy (non-hydrogen) atoms. The number of nitrogens with one attached hydrogen (secondary N) is 2. The Morgan fingerprint density at radius 2 is 2.22 bits per heavy atom. The number of carbonyl (C=O) groups is 1. The number of carbonyl (C=O) groups excluding carboxylic acids is 1. The Kier molecular flexibility index (Phi) is 4.79. The third-order valence-electron chi connectivity index (χ3n) is 2.98. The van der Waals surface area contributed by atoms with Crippen molar-refractivity contribution < 1.29 is 4.79 Å². The van der Waals surface area contributed by atoms with E-state index < -0.39 is 0 Å². The molecule has 2 heterocycles. The van der Waals surface area contributed by atoms with Gasteiger partial charge in [0.25, 0.3) is 0 Å². The van der Waals surface area contributed by atoms with Gasteiger partial charge < -0.3 is 16.0 Å². The van der Waals surface area contributed by atoms with Gasteiger partial charge in [-0.1, -0.05) is 12.1 Å². The van der Waals surface area contributed by atoms with Crippen LogP contribution < -0.4 is 11.1 Å². The van der Waals surface area contributed by atoms with Crippen LogP contribution in [0.3, 0.4) is 0 Å². The number of fused-ring (bicyclic) bond motifs is 1. The van der Waals surface area contributed by atoms with E-state index in [1.165, 1.54) is 6.33 Å². The molecule has 0 atom stereocenters. The van der Waals surface area contributed by atoms with E-state index in [0.29, 0.717) is 22.8 Å². The molecule has 8 heteroatoms. The summed E-state index contributed by atoms with van der Waals surface area (Å²) in [6, 6.07) is 7.27. The zero-order valence-corrected chi connectivity index (χ0v) is 12.7. The Balaban J connectivity index is 0.00000192. The number of halogens is 1. The summed E-state index contributed by atoms with van der Waals surface area (Å²) in [5.41, 5.74) is 8.27.